The van der Waals surface area contributed by atoms with Crippen LogP contribution in [0, 0.1) is 11.3 Å². The second kappa shape index (κ2) is 9.65. The number of amides is 1. The Morgan fingerprint density at radius 2 is 1.93 bits per heavy atom. The molecule has 1 atom stereocenters. The van der Waals surface area contributed by atoms with Crippen molar-refractivity contribution in [2.45, 2.75) is 25.9 Å². The van der Waals surface area contributed by atoms with E-state index in [1.807, 2.05) is 42.6 Å². The Balaban J connectivity index is 1.45. The van der Waals surface area contributed by atoms with Gasteiger partial charge in [0, 0.05) is 24.5 Å². The molecule has 142 valence electrons. The maximum absolute atomic E-state index is 12.4. The summed E-state index contributed by atoms with van der Waals surface area (Å²) in [5.74, 6) is 0.0939. The number of thiophene rings is 1. The Bertz CT molecular complexity index is 766. The van der Waals surface area contributed by atoms with Gasteiger partial charge in [-0.1, -0.05) is 18.2 Å². The highest BCUT2D eigenvalue weighted by Crippen LogP contribution is 2.18. The third-order valence-electron chi connectivity index (χ3n) is 4.89. The summed E-state index contributed by atoms with van der Waals surface area (Å²) in [5, 5.41) is 14.0. The van der Waals surface area contributed by atoms with Gasteiger partial charge in [-0.3, -0.25) is 14.6 Å². The van der Waals surface area contributed by atoms with Gasteiger partial charge in [-0.2, -0.15) is 5.26 Å². The molecule has 0 spiro atoms. The number of benzene rings is 1. The van der Waals surface area contributed by atoms with Crippen molar-refractivity contribution in [1.82, 2.24) is 15.1 Å². The van der Waals surface area contributed by atoms with Crippen LogP contribution in [0.5, 0.6) is 0 Å². The van der Waals surface area contributed by atoms with Gasteiger partial charge in [-0.05, 0) is 55.6 Å². The first-order chi connectivity index (χ1) is 13.1. The van der Waals surface area contributed by atoms with Gasteiger partial charge < -0.3 is 5.32 Å². The first-order valence-electron chi connectivity index (χ1n) is 9.40. The van der Waals surface area contributed by atoms with Crippen molar-refractivity contribution in [3.63, 3.8) is 0 Å². The number of hydrogen-bond acceptors (Lipinski definition) is 5. The molecule has 0 bridgehead atoms. The average molecular weight is 383 g/mol. The summed E-state index contributed by atoms with van der Waals surface area (Å²) in [7, 11) is 0. The normalized spacial score (nSPS) is 17.0. The van der Waals surface area contributed by atoms with E-state index in [2.05, 4.69) is 27.3 Å². The zero-order valence-electron chi connectivity index (χ0n) is 15.7. The molecule has 1 aliphatic heterocycles. The van der Waals surface area contributed by atoms with Gasteiger partial charge in [0.1, 0.15) is 0 Å². The maximum Gasteiger partial charge on any atom is 0.234 e. The summed E-state index contributed by atoms with van der Waals surface area (Å²) in [4.78, 5) is 18.2. The standard InChI is InChI=1S/C21H26N4OS/c1-17(20-4-2-13-27-20)23-21(26)16-25-10-3-9-24(11-12-25)15-19-7-5-18(14-22)6-8-19/h2,4-8,13,17H,3,9-12,15-16H2,1H3,(H,23,26). The Kier molecular flexibility index (Phi) is 6.99. The zero-order valence-corrected chi connectivity index (χ0v) is 16.5. The van der Waals surface area contributed by atoms with Crippen LogP contribution in [-0.2, 0) is 11.3 Å². The summed E-state index contributed by atoms with van der Waals surface area (Å²) in [6.07, 6.45) is 1.06. The van der Waals surface area contributed by atoms with Gasteiger partial charge >= 0.3 is 0 Å². The zero-order chi connectivity index (χ0) is 19.1. The lowest BCUT2D eigenvalue weighted by Crippen LogP contribution is -2.39. The molecule has 0 radical (unpaired) electrons. The molecule has 3 rings (SSSR count). The molecule has 1 N–H and O–H groups in total. The summed E-state index contributed by atoms with van der Waals surface area (Å²) in [6.45, 7) is 7.21. The minimum absolute atomic E-state index is 0.0670. The number of nitrogens with one attached hydrogen (secondary N) is 1. The van der Waals surface area contributed by atoms with E-state index in [9.17, 15) is 4.79 Å². The molecule has 1 aromatic heterocycles. The van der Waals surface area contributed by atoms with Crippen LogP contribution < -0.4 is 5.32 Å². The van der Waals surface area contributed by atoms with Gasteiger partial charge in [0.15, 0.2) is 0 Å². The van der Waals surface area contributed by atoms with Crippen molar-refractivity contribution in [3.05, 3.63) is 57.8 Å². The van der Waals surface area contributed by atoms with Gasteiger partial charge in [0.05, 0.1) is 24.2 Å². The van der Waals surface area contributed by atoms with Gasteiger partial charge in [0.25, 0.3) is 0 Å². The second-order valence-electron chi connectivity index (χ2n) is 7.02. The van der Waals surface area contributed by atoms with Crippen LogP contribution >= 0.6 is 11.3 Å². The van der Waals surface area contributed by atoms with Crippen LogP contribution in [0.3, 0.4) is 0 Å². The van der Waals surface area contributed by atoms with E-state index in [0.29, 0.717) is 12.1 Å². The third-order valence-corrected chi connectivity index (χ3v) is 5.94. The predicted octanol–water partition coefficient (Wildman–Crippen LogP) is 3.00. The Labute approximate surface area is 165 Å². The molecule has 1 unspecified atom stereocenters. The van der Waals surface area contributed by atoms with Gasteiger partial charge in [-0.25, -0.2) is 0 Å². The van der Waals surface area contributed by atoms with E-state index < -0.39 is 0 Å². The summed E-state index contributed by atoms with van der Waals surface area (Å²) >= 11 is 1.67. The lowest BCUT2D eigenvalue weighted by molar-refractivity contribution is -0.122. The van der Waals surface area contributed by atoms with Crippen molar-refractivity contribution in [1.29, 1.82) is 5.26 Å². The first-order valence-corrected chi connectivity index (χ1v) is 10.3. The molecule has 1 saturated heterocycles. The van der Waals surface area contributed by atoms with Crippen molar-refractivity contribution in [2.24, 2.45) is 0 Å². The summed E-state index contributed by atoms with van der Waals surface area (Å²) < 4.78 is 0. The number of nitrogens with zero attached hydrogens (tertiary/aromatic N) is 3. The van der Waals surface area contributed by atoms with Gasteiger partial charge in [-0.15, -0.1) is 11.3 Å². The van der Waals surface area contributed by atoms with Crippen LogP contribution in [-0.4, -0.2) is 48.4 Å². The minimum Gasteiger partial charge on any atom is -0.348 e. The van der Waals surface area contributed by atoms with Crippen molar-refractivity contribution in [2.75, 3.05) is 32.7 Å². The number of rotatable bonds is 6. The highest BCUT2D eigenvalue weighted by atomic mass is 32.1. The molecule has 1 aliphatic rings. The molecule has 1 aromatic carbocycles. The molecule has 0 saturated carbocycles. The molecular formula is C21H26N4OS. The van der Waals surface area contributed by atoms with Gasteiger partial charge in [0.2, 0.25) is 5.91 Å². The Morgan fingerprint density at radius 3 is 2.63 bits per heavy atom. The molecule has 2 heterocycles. The minimum atomic E-state index is 0.0670. The summed E-state index contributed by atoms with van der Waals surface area (Å²) in [5.41, 5.74) is 1.92. The molecule has 0 aliphatic carbocycles. The number of carbonyl (C=O) groups is 1. The number of carbonyl (C=O) groups excluding carboxylic acids is 1. The average Bonchev–Trinajstić information content (AvgIpc) is 3.13. The smallest absolute Gasteiger partial charge is 0.234 e. The maximum atomic E-state index is 12.4. The Morgan fingerprint density at radius 1 is 1.19 bits per heavy atom. The molecular weight excluding hydrogens is 356 g/mol. The third kappa shape index (κ3) is 5.90. The first kappa shape index (κ1) is 19.6. The van der Waals surface area contributed by atoms with Crippen LogP contribution in [0.1, 0.15) is 35.4 Å². The highest BCUT2D eigenvalue weighted by molar-refractivity contribution is 7.10. The lowest BCUT2D eigenvalue weighted by atomic mass is 10.1. The van der Waals surface area contributed by atoms with Crippen molar-refractivity contribution in [3.8, 4) is 6.07 Å². The van der Waals surface area contributed by atoms with E-state index in [1.54, 1.807) is 11.3 Å². The molecule has 6 heteroatoms. The SMILES string of the molecule is CC(NC(=O)CN1CCCN(Cc2ccc(C#N)cc2)CC1)c1cccs1. The number of hydrogen-bond donors (Lipinski definition) is 1. The molecule has 2 aromatic rings. The van der Waals surface area contributed by atoms with Crippen LogP contribution in [0.25, 0.3) is 0 Å². The van der Waals surface area contributed by atoms with Crippen LogP contribution in [0.15, 0.2) is 41.8 Å². The van der Waals surface area contributed by atoms with Crippen molar-refractivity contribution >= 4 is 17.2 Å². The van der Waals surface area contributed by atoms with Crippen molar-refractivity contribution < 1.29 is 4.79 Å². The van der Waals surface area contributed by atoms with E-state index in [4.69, 9.17) is 5.26 Å². The fourth-order valence-electron chi connectivity index (χ4n) is 3.38. The highest BCUT2D eigenvalue weighted by Gasteiger charge is 2.18. The fourth-order valence-corrected chi connectivity index (χ4v) is 4.12. The lowest BCUT2D eigenvalue weighted by Gasteiger charge is -2.22. The molecule has 1 fully saturated rings. The molecule has 1 amide bonds. The largest absolute Gasteiger partial charge is 0.348 e. The van der Waals surface area contributed by atoms with E-state index in [0.717, 1.165) is 39.1 Å². The topological polar surface area (TPSA) is 59.4 Å². The predicted molar refractivity (Wildman–Crippen MR) is 108 cm³/mol. The molecule has 5 nitrogen and oxygen atoms in total. The monoisotopic (exact) mass is 382 g/mol. The second-order valence-corrected chi connectivity index (χ2v) is 8.00. The van der Waals surface area contributed by atoms with E-state index in [-0.39, 0.29) is 11.9 Å². The number of nitriles is 1. The van der Waals surface area contributed by atoms with Crippen LogP contribution in [0.2, 0.25) is 0 Å². The summed E-state index contributed by atoms with van der Waals surface area (Å²) in [6, 6.07) is 14.1. The van der Waals surface area contributed by atoms with E-state index in [1.165, 1.54) is 10.4 Å². The van der Waals surface area contributed by atoms with E-state index >= 15 is 0 Å². The molecule has 27 heavy (non-hydrogen) atoms. The van der Waals surface area contributed by atoms with Crippen LogP contribution in [0.4, 0.5) is 0 Å². The Hall–Kier alpha value is -2.20. The quantitative estimate of drug-likeness (QED) is 0.834. The fraction of sp³-hybridized carbons (Fsp3) is 0.429.